The lowest BCUT2D eigenvalue weighted by molar-refractivity contribution is 0.102. The Morgan fingerprint density at radius 3 is 3.00 bits per heavy atom. The molecule has 0 aliphatic rings. The molecule has 0 radical (unpaired) electrons. The summed E-state index contributed by atoms with van der Waals surface area (Å²) in [7, 11) is 0. The zero-order valence-electron chi connectivity index (χ0n) is 6.43. The number of anilines is 1. The summed E-state index contributed by atoms with van der Waals surface area (Å²) in [6.07, 6.45) is 3.92. The van der Waals surface area contributed by atoms with Gasteiger partial charge in [-0.05, 0) is 0 Å². The zero-order valence-corrected chi connectivity index (χ0v) is 6.43. The van der Waals surface area contributed by atoms with E-state index >= 15 is 0 Å². The zero-order chi connectivity index (χ0) is 9.10. The third-order valence-corrected chi connectivity index (χ3v) is 1.37. The molecule has 6 nitrogen and oxygen atoms in total. The van der Waals surface area contributed by atoms with Crippen molar-refractivity contribution in [3.8, 4) is 0 Å². The summed E-state index contributed by atoms with van der Waals surface area (Å²) < 4.78 is 9.03. The fourth-order valence-corrected chi connectivity index (χ4v) is 0.782. The molecular weight excluding hydrogens is 174 g/mol. The maximum absolute atomic E-state index is 11.3. The van der Waals surface area contributed by atoms with E-state index in [0.717, 1.165) is 0 Å². The lowest BCUT2D eigenvalue weighted by Gasteiger charge is -1.94. The number of carbonyl (C=O) groups excluding carboxylic acids is 1. The van der Waals surface area contributed by atoms with Crippen molar-refractivity contribution >= 4 is 11.7 Å². The van der Waals surface area contributed by atoms with Gasteiger partial charge in [-0.25, -0.2) is 0 Å². The number of aromatic nitrogens is 2. The van der Waals surface area contributed by atoms with Crippen LogP contribution in [0.2, 0.25) is 0 Å². The first-order valence-electron chi connectivity index (χ1n) is 3.47. The van der Waals surface area contributed by atoms with E-state index in [9.17, 15) is 4.79 Å². The molecule has 1 amide bonds. The van der Waals surface area contributed by atoms with Gasteiger partial charge in [0.05, 0.1) is 11.8 Å². The lowest BCUT2D eigenvalue weighted by atomic mass is 10.3. The number of rotatable bonds is 2. The van der Waals surface area contributed by atoms with E-state index in [4.69, 9.17) is 0 Å². The number of hydrogen-bond acceptors (Lipinski definition) is 5. The maximum Gasteiger partial charge on any atom is 0.261 e. The Hall–Kier alpha value is -2.11. The first-order valence-corrected chi connectivity index (χ1v) is 3.47. The molecule has 0 aromatic carbocycles. The van der Waals surface area contributed by atoms with Gasteiger partial charge < -0.3 is 14.4 Å². The first kappa shape index (κ1) is 7.53. The average Bonchev–Trinajstić information content (AvgIpc) is 2.74. The topological polar surface area (TPSA) is 81.2 Å². The predicted octanol–water partition coefficient (Wildman–Crippen LogP) is 0.915. The standard InChI is InChI=1S/C7H5N3O3/c11-7(5-3-8-13-4-5)9-6-1-2-12-10-6/h1-4H,(H,9,10,11). The molecule has 0 saturated carbocycles. The second-order valence-electron chi connectivity index (χ2n) is 2.25. The van der Waals surface area contributed by atoms with Crippen LogP contribution in [-0.4, -0.2) is 16.2 Å². The summed E-state index contributed by atoms with van der Waals surface area (Å²) in [5, 5.41) is 9.38. The summed E-state index contributed by atoms with van der Waals surface area (Å²) >= 11 is 0. The van der Waals surface area contributed by atoms with Gasteiger partial charge in [0.1, 0.15) is 12.5 Å². The highest BCUT2D eigenvalue weighted by atomic mass is 16.5. The molecule has 0 aliphatic heterocycles. The van der Waals surface area contributed by atoms with Gasteiger partial charge in [-0.15, -0.1) is 0 Å². The van der Waals surface area contributed by atoms with E-state index in [1.807, 2.05) is 0 Å². The minimum absolute atomic E-state index is 0.336. The minimum atomic E-state index is -0.338. The van der Waals surface area contributed by atoms with Crippen LogP contribution in [0.15, 0.2) is 33.8 Å². The van der Waals surface area contributed by atoms with Crippen molar-refractivity contribution in [2.24, 2.45) is 0 Å². The summed E-state index contributed by atoms with van der Waals surface area (Å²) in [5.41, 5.74) is 0.336. The molecule has 0 fully saturated rings. The van der Waals surface area contributed by atoms with Gasteiger partial charge in [0.25, 0.3) is 5.91 Å². The molecule has 66 valence electrons. The Labute approximate surface area is 72.5 Å². The Balaban J connectivity index is 2.08. The highest BCUT2D eigenvalue weighted by molar-refractivity contribution is 6.03. The highest BCUT2D eigenvalue weighted by Crippen LogP contribution is 2.04. The van der Waals surface area contributed by atoms with Crippen LogP contribution >= 0.6 is 0 Å². The highest BCUT2D eigenvalue weighted by Gasteiger charge is 2.08. The SMILES string of the molecule is O=C(Nc1ccon1)c1cnoc1. The molecule has 0 bridgehead atoms. The average molecular weight is 179 g/mol. The van der Waals surface area contributed by atoms with Gasteiger partial charge in [0.2, 0.25) is 0 Å². The van der Waals surface area contributed by atoms with Gasteiger partial charge in [0.15, 0.2) is 5.82 Å². The van der Waals surface area contributed by atoms with Crippen molar-refractivity contribution in [3.63, 3.8) is 0 Å². The van der Waals surface area contributed by atoms with Crippen LogP contribution in [0.4, 0.5) is 5.82 Å². The molecule has 6 heteroatoms. The fraction of sp³-hybridized carbons (Fsp3) is 0. The molecule has 0 unspecified atom stereocenters. The molecule has 13 heavy (non-hydrogen) atoms. The molecule has 2 aromatic rings. The van der Waals surface area contributed by atoms with Gasteiger partial charge in [0, 0.05) is 6.07 Å². The van der Waals surface area contributed by atoms with Gasteiger partial charge in [-0.3, -0.25) is 4.79 Å². The van der Waals surface area contributed by atoms with Crippen LogP contribution in [0.3, 0.4) is 0 Å². The quantitative estimate of drug-likeness (QED) is 0.741. The van der Waals surface area contributed by atoms with Crippen LogP contribution in [0.5, 0.6) is 0 Å². The van der Waals surface area contributed by atoms with Gasteiger partial charge in [-0.2, -0.15) is 0 Å². The summed E-state index contributed by atoms with van der Waals surface area (Å²) in [6, 6.07) is 1.53. The van der Waals surface area contributed by atoms with E-state index in [-0.39, 0.29) is 5.91 Å². The van der Waals surface area contributed by atoms with Crippen molar-refractivity contribution in [1.29, 1.82) is 0 Å². The molecule has 2 rings (SSSR count). The maximum atomic E-state index is 11.3. The second kappa shape index (κ2) is 3.10. The molecule has 0 aliphatic carbocycles. The van der Waals surface area contributed by atoms with Crippen molar-refractivity contribution in [3.05, 3.63) is 30.4 Å². The molecule has 2 aromatic heterocycles. The van der Waals surface area contributed by atoms with Crippen molar-refractivity contribution in [1.82, 2.24) is 10.3 Å². The number of nitrogens with one attached hydrogen (secondary N) is 1. The Bertz CT molecular complexity index is 379. The van der Waals surface area contributed by atoms with Crippen LogP contribution < -0.4 is 5.32 Å². The van der Waals surface area contributed by atoms with Crippen LogP contribution in [0.25, 0.3) is 0 Å². The Kier molecular flexibility index (Phi) is 1.79. The predicted molar refractivity (Wildman–Crippen MR) is 41.0 cm³/mol. The van der Waals surface area contributed by atoms with Crippen molar-refractivity contribution in [2.75, 3.05) is 5.32 Å². The number of amides is 1. The van der Waals surface area contributed by atoms with E-state index < -0.39 is 0 Å². The molecular formula is C7H5N3O3. The largest absolute Gasteiger partial charge is 0.364 e. The van der Waals surface area contributed by atoms with E-state index in [1.165, 1.54) is 24.8 Å². The molecule has 1 N–H and O–H groups in total. The van der Waals surface area contributed by atoms with Gasteiger partial charge >= 0.3 is 0 Å². The molecule has 0 saturated heterocycles. The van der Waals surface area contributed by atoms with Crippen LogP contribution in [0.1, 0.15) is 10.4 Å². The third-order valence-electron chi connectivity index (χ3n) is 1.37. The minimum Gasteiger partial charge on any atom is -0.364 e. The lowest BCUT2D eigenvalue weighted by Crippen LogP contribution is -2.10. The number of hydrogen-bond donors (Lipinski definition) is 1. The third kappa shape index (κ3) is 1.56. The van der Waals surface area contributed by atoms with Crippen molar-refractivity contribution < 1.29 is 13.8 Å². The summed E-state index contributed by atoms with van der Waals surface area (Å²) in [5.74, 6) is 0.0151. The van der Waals surface area contributed by atoms with Gasteiger partial charge in [-0.1, -0.05) is 10.3 Å². The Morgan fingerprint density at radius 1 is 1.46 bits per heavy atom. The van der Waals surface area contributed by atoms with E-state index in [2.05, 4.69) is 24.7 Å². The van der Waals surface area contributed by atoms with Crippen LogP contribution in [-0.2, 0) is 0 Å². The van der Waals surface area contributed by atoms with E-state index in [0.29, 0.717) is 11.4 Å². The smallest absolute Gasteiger partial charge is 0.261 e. The van der Waals surface area contributed by atoms with E-state index in [1.54, 1.807) is 0 Å². The van der Waals surface area contributed by atoms with Crippen molar-refractivity contribution in [2.45, 2.75) is 0 Å². The molecule has 0 spiro atoms. The Morgan fingerprint density at radius 2 is 2.38 bits per heavy atom. The fourth-order valence-electron chi connectivity index (χ4n) is 0.782. The summed E-state index contributed by atoms with van der Waals surface area (Å²) in [6.45, 7) is 0. The van der Waals surface area contributed by atoms with Crippen LogP contribution in [0, 0.1) is 0 Å². The first-order chi connectivity index (χ1) is 6.36. The normalized spacial score (nSPS) is 9.85. The number of nitrogens with zero attached hydrogens (tertiary/aromatic N) is 2. The second-order valence-corrected chi connectivity index (χ2v) is 2.25. The summed E-state index contributed by atoms with van der Waals surface area (Å²) in [4.78, 5) is 11.3. The molecule has 2 heterocycles. The molecule has 0 atom stereocenters. The number of carbonyl (C=O) groups is 1. The monoisotopic (exact) mass is 179 g/mol.